The van der Waals surface area contributed by atoms with E-state index in [1.165, 1.54) is 22.5 Å². The molecule has 0 atom stereocenters. The van der Waals surface area contributed by atoms with E-state index in [1.807, 2.05) is 6.92 Å². The van der Waals surface area contributed by atoms with Crippen LogP contribution in [0.5, 0.6) is 11.5 Å². The Kier molecular flexibility index (Phi) is 6.71. The Hall–Kier alpha value is -2.65. The first-order valence-electron chi connectivity index (χ1n) is 9.30. The van der Waals surface area contributed by atoms with E-state index in [1.54, 1.807) is 29.2 Å². The van der Waals surface area contributed by atoms with E-state index in [9.17, 15) is 17.6 Å². The molecule has 0 unspecified atom stereocenters. The minimum absolute atomic E-state index is 0.103. The van der Waals surface area contributed by atoms with Crippen molar-refractivity contribution in [2.75, 3.05) is 39.4 Å². The molecule has 2 aromatic rings. The number of carbonyl (C=O) groups excluding carboxylic acids is 1. The van der Waals surface area contributed by atoms with Crippen LogP contribution in [0.15, 0.2) is 53.4 Å². The third kappa shape index (κ3) is 5.04. The van der Waals surface area contributed by atoms with E-state index in [0.717, 1.165) is 11.8 Å². The molecule has 0 bridgehead atoms. The van der Waals surface area contributed by atoms with Gasteiger partial charge in [-0.1, -0.05) is 12.1 Å². The molecule has 1 aliphatic heterocycles. The normalized spacial score (nSPS) is 15.2. The standard InChI is InChI=1S/C20H23FN2O5S/c1-2-27-16-7-9-17(10-8-16)28-15-20(24)22-11-13-23(14-12-22)29(25,26)19-6-4-3-5-18(19)21/h3-10H,2,11-15H2,1H3. The predicted molar refractivity (Wildman–Crippen MR) is 105 cm³/mol. The van der Waals surface area contributed by atoms with Crippen LogP contribution < -0.4 is 9.47 Å². The van der Waals surface area contributed by atoms with Gasteiger partial charge < -0.3 is 14.4 Å². The highest BCUT2D eigenvalue weighted by Gasteiger charge is 2.31. The summed E-state index contributed by atoms with van der Waals surface area (Å²) in [4.78, 5) is 13.6. The Balaban J connectivity index is 1.52. The van der Waals surface area contributed by atoms with Gasteiger partial charge >= 0.3 is 0 Å². The number of carbonyl (C=O) groups is 1. The summed E-state index contributed by atoms with van der Waals surface area (Å²) in [7, 11) is -3.93. The van der Waals surface area contributed by atoms with Crippen molar-refractivity contribution in [3.05, 3.63) is 54.3 Å². The molecule has 1 heterocycles. The number of amides is 1. The number of nitrogens with zero attached hydrogens (tertiary/aromatic N) is 2. The maximum Gasteiger partial charge on any atom is 0.260 e. The summed E-state index contributed by atoms with van der Waals surface area (Å²) in [5.74, 6) is 0.248. The van der Waals surface area contributed by atoms with E-state index >= 15 is 0 Å². The average molecular weight is 422 g/mol. The summed E-state index contributed by atoms with van der Waals surface area (Å²) >= 11 is 0. The molecule has 0 saturated carbocycles. The second-order valence-electron chi connectivity index (χ2n) is 6.41. The van der Waals surface area contributed by atoms with E-state index in [0.29, 0.717) is 12.4 Å². The molecule has 0 aromatic heterocycles. The number of hydrogen-bond donors (Lipinski definition) is 0. The van der Waals surface area contributed by atoms with Gasteiger partial charge in [0.2, 0.25) is 10.0 Å². The fourth-order valence-electron chi connectivity index (χ4n) is 3.01. The Morgan fingerprint density at radius 1 is 0.966 bits per heavy atom. The van der Waals surface area contributed by atoms with Crippen LogP contribution in [-0.4, -0.2) is 62.9 Å². The summed E-state index contributed by atoms with van der Waals surface area (Å²) in [6, 6.07) is 12.2. The Labute approximate surface area is 169 Å². The van der Waals surface area contributed by atoms with Crippen molar-refractivity contribution in [3.63, 3.8) is 0 Å². The Bertz CT molecular complexity index is 942. The molecular weight excluding hydrogens is 399 g/mol. The number of hydrogen-bond acceptors (Lipinski definition) is 5. The third-order valence-electron chi connectivity index (χ3n) is 4.54. The van der Waals surface area contributed by atoms with Gasteiger partial charge in [-0.05, 0) is 43.3 Å². The first kappa shape index (κ1) is 21.1. The van der Waals surface area contributed by atoms with Crippen LogP contribution in [-0.2, 0) is 14.8 Å². The molecule has 1 aliphatic rings. The summed E-state index contributed by atoms with van der Waals surface area (Å²) in [5.41, 5.74) is 0. The van der Waals surface area contributed by atoms with Crippen LogP contribution in [0.4, 0.5) is 4.39 Å². The molecule has 2 aromatic carbocycles. The van der Waals surface area contributed by atoms with Gasteiger partial charge in [0.25, 0.3) is 5.91 Å². The lowest BCUT2D eigenvalue weighted by Gasteiger charge is -2.34. The first-order chi connectivity index (χ1) is 13.9. The summed E-state index contributed by atoms with van der Waals surface area (Å²) in [6.07, 6.45) is 0. The highest BCUT2D eigenvalue weighted by Crippen LogP contribution is 2.21. The SMILES string of the molecule is CCOc1ccc(OCC(=O)N2CCN(S(=O)(=O)c3ccccc3F)CC2)cc1. The number of halogens is 1. The fourth-order valence-corrected chi connectivity index (χ4v) is 4.49. The van der Waals surface area contributed by atoms with Crippen molar-refractivity contribution in [2.45, 2.75) is 11.8 Å². The van der Waals surface area contributed by atoms with Gasteiger partial charge in [-0.15, -0.1) is 0 Å². The van der Waals surface area contributed by atoms with Crippen LogP contribution in [0.3, 0.4) is 0 Å². The molecule has 0 N–H and O–H groups in total. The van der Waals surface area contributed by atoms with Gasteiger partial charge in [0, 0.05) is 26.2 Å². The smallest absolute Gasteiger partial charge is 0.260 e. The molecule has 0 spiro atoms. The number of piperazine rings is 1. The minimum atomic E-state index is -3.93. The molecule has 0 aliphatic carbocycles. The Morgan fingerprint density at radius 3 is 2.14 bits per heavy atom. The van der Waals surface area contributed by atoms with Gasteiger partial charge in [0.15, 0.2) is 6.61 Å². The lowest BCUT2D eigenvalue weighted by Crippen LogP contribution is -2.51. The maximum atomic E-state index is 13.9. The monoisotopic (exact) mass is 422 g/mol. The maximum absolute atomic E-state index is 13.9. The molecule has 9 heteroatoms. The predicted octanol–water partition coefficient (Wildman–Crippen LogP) is 2.14. The molecule has 7 nitrogen and oxygen atoms in total. The van der Waals surface area contributed by atoms with Crippen LogP contribution in [0.2, 0.25) is 0 Å². The van der Waals surface area contributed by atoms with Gasteiger partial charge in [-0.3, -0.25) is 4.79 Å². The molecule has 1 amide bonds. The largest absolute Gasteiger partial charge is 0.494 e. The third-order valence-corrected chi connectivity index (χ3v) is 6.47. The van der Waals surface area contributed by atoms with Gasteiger partial charge in [-0.25, -0.2) is 12.8 Å². The summed E-state index contributed by atoms with van der Waals surface area (Å²) in [6.45, 7) is 2.96. The molecular formula is C20H23FN2O5S. The Morgan fingerprint density at radius 2 is 1.55 bits per heavy atom. The highest BCUT2D eigenvalue weighted by atomic mass is 32.2. The lowest BCUT2D eigenvalue weighted by atomic mass is 10.3. The molecule has 1 fully saturated rings. The summed E-state index contributed by atoms with van der Waals surface area (Å²) in [5, 5.41) is 0. The fraction of sp³-hybridized carbons (Fsp3) is 0.350. The highest BCUT2D eigenvalue weighted by molar-refractivity contribution is 7.89. The zero-order valence-corrected chi connectivity index (χ0v) is 16.9. The van der Waals surface area contributed by atoms with E-state index in [-0.39, 0.29) is 43.6 Å². The number of rotatable bonds is 7. The zero-order valence-electron chi connectivity index (χ0n) is 16.1. The van der Waals surface area contributed by atoms with Crippen molar-refractivity contribution in [1.82, 2.24) is 9.21 Å². The van der Waals surface area contributed by atoms with Gasteiger partial charge in [-0.2, -0.15) is 4.31 Å². The van der Waals surface area contributed by atoms with Crippen LogP contribution in [0.25, 0.3) is 0 Å². The van der Waals surface area contributed by atoms with E-state index in [4.69, 9.17) is 9.47 Å². The number of sulfonamides is 1. The van der Waals surface area contributed by atoms with Crippen molar-refractivity contribution < 1.29 is 27.1 Å². The molecule has 29 heavy (non-hydrogen) atoms. The minimum Gasteiger partial charge on any atom is -0.494 e. The van der Waals surface area contributed by atoms with Crippen LogP contribution in [0, 0.1) is 5.82 Å². The quantitative estimate of drug-likeness (QED) is 0.683. The second kappa shape index (κ2) is 9.23. The van der Waals surface area contributed by atoms with Gasteiger partial charge in [0.1, 0.15) is 22.2 Å². The first-order valence-corrected chi connectivity index (χ1v) is 10.7. The number of ether oxygens (including phenoxy) is 2. The van der Waals surface area contributed by atoms with Crippen LogP contribution >= 0.6 is 0 Å². The topological polar surface area (TPSA) is 76.2 Å². The molecule has 1 saturated heterocycles. The summed E-state index contributed by atoms with van der Waals surface area (Å²) < 4.78 is 51.2. The zero-order chi connectivity index (χ0) is 20.9. The van der Waals surface area contributed by atoms with Crippen molar-refractivity contribution in [1.29, 1.82) is 0 Å². The molecule has 156 valence electrons. The lowest BCUT2D eigenvalue weighted by molar-refractivity contribution is -0.134. The molecule has 0 radical (unpaired) electrons. The second-order valence-corrected chi connectivity index (χ2v) is 8.31. The van der Waals surface area contributed by atoms with E-state index in [2.05, 4.69) is 0 Å². The van der Waals surface area contributed by atoms with Crippen molar-refractivity contribution in [3.8, 4) is 11.5 Å². The number of benzene rings is 2. The van der Waals surface area contributed by atoms with Crippen LogP contribution in [0.1, 0.15) is 6.92 Å². The van der Waals surface area contributed by atoms with Crippen molar-refractivity contribution in [2.24, 2.45) is 0 Å². The van der Waals surface area contributed by atoms with Gasteiger partial charge in [0.05, 0.1) is 6.61 Å². The average Bonchev–Trinajstić information content (AvgIpc) is 2.73. The van der Waals surface area contributed by atoms with E-state index < -0.39 is 15.8 Å². The molecule has 3 rings (SSSR count). The van der Waals surface area contributed by atoms with Crippen molar-refractivity contribution >= 4 is 15.9 Å².